The Bertz CT molecular complexity index is 585. The van der Waals surface area contributed by atoms with Crippen LogP contribution in [-0.4, -0.2) is 21.4 Å². The van der Waals surface area contributed by atoms with Crippen molar-refractivity contribution in [2.24, 2.45) is 0 Å². The molecule has 0 bridgehead atoms. The average Bonchev–Trinajstić information content (AvgIpc) is 2.90. The number of rotatable bonds is 3. The number of aliphatic hydroxyl groups is 1. The van der Waals surface area contributed by atoms with Crippen molar-refractivity contribution in [3.63, 3.8) is 0 Å². The maximum Gasteiger partial charge on any atom is 0.232 e. The first kappa shape index (κ1) is 13.6. The highest BCUT2D eigenvalue weighted by molar-refractivity contribution is 6.31. The number of aliphatic hydroxyl groups excluding tert-OH is 1. The minimum absolute atomic E-state index is 0.0174. The van der Waals surface area contributed by atoms with E-state index in [1.54, 1.807) is 0 Å². The highest BCUT2D eigenvalue weighted by Crippen LogP contribution is 2.32. The van der Waals surface area contributed by atoms with Crippen molar-refractivity contribution in [2.75, 3.05) is 0 Å². The first-order chi connectivity index (χ1) is 9.74. The fraction of sp³-hybridized carbons (Fsp3) is 0.467. The fourth-order valence-corrected chi connectivity index (χ4v) is 2.90. The van der Waals surface area contributed by atoms with Gasteiger partial charge in [-0.1, -0.05) is 47.8 Å². The van der Waals surface area contributed by atoms with Crippen LogP contribution in [0.15, 0.2) is 28.8 Å². The number of nitrogens with zero attached hydrogens (tertiary/aromatic N) is 2. The van der Waals surface area contributed by atoms with Crippen LogP contribution >= 0.6 is 11.6 Å². The highest BCUT2D eigenvalue weighted by Gasteiger charge is 2.29. The molecular formula is C15H17ClN2O2. The standard InChI is InChI=1S/C15H17ClN2O2/c16-12-7-3-1-5-10(12)9-14-17-15(20-18-14)11-6-2-4-8-13(11)19/h1,3,5,7,11,13,19H,2,4,6,8-9H2. The lowest BCUT2D eigenvalue weighted by Gasteiger charge is -2.24. The molecule has 0 amide bonds. The largest absolute Gasteiger partial charge is 0.392 e. The first-order valence-corrected chi connectivity index (χ1v) is 7.36. The molecule has 1 N–H and O–H groups in total. The topological polar surface area (TPSA) is 59.2 Å². The van der Waals surface area contributed by atoms with Gasteiger partial charge in [-0.15, -0.1) is 0 Å². The van der Waals surface area contributed by atoms with Crippen molar-refractivity contribution in [3.8, 4) is 0 Å². The highest BCUT2D eigenvalue weighted by atomic mass is 35.5. The quantitative estimate of drug-likeness (QED) is 0.942. The van der Waals surface area contributed by atoms with E-state index in [1.807, 2.05) is 24.3 Å². The average molecular weight is 293 g/mol. The summed E-state index contributed by atoms with van der Waals surface area (Å²) in [6, 6.07) is 7.63. The molecule has 2 atom stereocenters. The van der Waals surface area contributed by atoms with Gasteiger partial charge >= 0.3 is 0 Å². The summed E-state index contributed by atoms with van der Waals surface area (Å²) in [5.41, 5.74) is 0.978. The van der Waals surface area contributed by atoms with Crippen LogP contribution in [0, 0.1) is 0 Å². The number of aromatic nitrogens is 2. The Hall–Kier alpha value is -1.39. The second kappa shape index (κ2) is 5.94. The number of hydrogen-bond acceptors (Lipinski definition) is 4. The molecule has 0 aliphatic heterocycles. The van der Waals surface area contributed by atoms with E-state index >= 15 is 0 Å². The van der Waals surface area contributed by atoms with Gasteiger partial charge in [0.2, 0.25) is 5.89 Å². The van der Waals surface area contributed by atoms with Crippen molar-refractivity contribution in [1.29, 1.82) is 0 Å². The van der Waals surface area contributed by atoms with Gasteiger partial charge in [-0.25, -0.2) is 0 Å². The molecule has 0 radical (unpaired) electrons. The van der Waals surface area contributed by atoms with E-state index in [9.17, 15) is 5.11 Å². The smallest absolute Gasteiger partial charge is 0.232 e. The maximum atomic E-state index is 10.0. The molecule has 1 fully saturated rings. The SMILES string of the molecule is OC1CCCCC1c1nc(Cc2ccccc2Cl)no1. The molecule has 3 rings (SSSR count). The summed E-state index contributed by atoms with van der Waals surface area (Å²) in [6.07, 6.45) is 4.08. The lowest BCUT2D eigenvalue weighted by Crippen LogP contribution is -2.22. The van der Waals surface area contributed by atoms with Gasteiger partial charge in [-0.05, 0) is 24.5 Å². The summed E-state index contributed by atoms with van der Waals surface area (Å²) >= 11 is 6.13. The van der Waals surface area contributed by atoms with E-state index in [0.717, 1.165) is 31.2 Å². The monoisotopic (exact) mass is 292 g/mol. The van der Waals surface area contributed by atoms with E-state index in [2.05, 4.69) is 10.1 Å². The van der Waals surface area contributed by atoms with Crippen LogP contribution in [0.2, 0.25) is 5.02 Å². The van der Waals surface area contributed by atoms with Gasteiger partial charge in [-0.3, -0.25) is 0 Å². The third-order valence-electron chi connectivity index (χ3n) is 3.84. The van der Waals surface area contributed by atoms with E-state index in [1.165, 1.54) is 0 Å². The van der Waals surface area contributed by atoms with Gasteiger partial charge in [0.25, 0.3) is 0 Å². The van der Waals surface area contributed by atoms with Crippen molar-refractivity contribution in [2.45, 2.75) is 44.1 Å². The zero-order chi connectivity index (χ0) is 13.9. The molecule has 2 aromatic rings. The molecule has 0 saturated heterocycles. The summed E-state index contributed by atoms with van der Waals surface area (Å²) < 4.78 is 5.32. The van der Waals surface area contributed by atoms with Gasteiger partial charge in [0.1, 0.15) is 0 Å². The van der Waals surface area contributed by atoms with Crippen LogP contribution in [0.4, 0.5) is 0 Å². The van der Waals surface area contributed by atoms with Crippen LogP contribution in [0.3, 0.4) is 0 Å². The zero-order valence-corrected chi connectivity index (χ0v) is 11.9. The first-order valence-electron chi connectivity index (χ1n) is 6.98. The van der Waals surface area contributed by atoms with E-state index in [0.29, 0.717) is 23.2 Å². The molecule has 20 heavy (non-hydrogen) atoms. The van der Waals surface area contributed by atoms with Crippen LogP contribution in [0.25, 0.3) is 0 Å². The molecule has 2 unspecified atom stereocenters. The number of halogens is 1. The van der Waals surface area contributed by atoms with Crippen molar-refractivity contribution in [3.05, 3.63) is 46.6 Å². The third kappa shape index (κ3) is 2.86. The predicted octanol–water partition coefficient (Wildman–Crippen LogP) is 3.33. The molecular weight excluding hydrogens is 276 g/mol. The molecule has 1 aromatic heterocycles. The van der Waals surface area contributed by atoms with Crippen LogP contribution < -0.4 is 0 Å². The van der Waals surface area contributed by atoms with Gasteiger partial charge in [0, 0.05) is 11.4 Å². The van der Waals surface area contributed by atoms with E-state index < -0.39 is 0 Å². The minimum Gasteiger partial charge on any atom is -0.392 e. The van der Waals surface area contributed by atoms with Crippen molar-refractivity contribution in [1.82, 2.24) is 10.1 Å². The lowest BCUT2D eigenvalue weighted by molar-refractivity contribution is 0.0908. The second-order valence-electron chi connectivity index (χ2n) is 5.28. The Labute approximate surface area is 122 Å². The van der Waals surface area contributed by atoms with Crippen LogP contribution in [-0.2, 0) is 6.42 Å². The number of hydrogen-bond donors (Lipinski definition) is 1. The molecule has 1 aromatic carbocycles. The van der Waals surface area contributed by atoms with E-state index in [-0.39, 0.29) is 12.0 Å². The maximum absolute atomic E-state index is 10.0. The summed E-state index contributed by atoms with van der Waals surface area (Å²) in [5.74, 6) is 1.15. The van der Waals surface area contributed by atoms with Crippen LogP contribution in [0.1, 0.15) is 48.9 Å². The van der Waals surface area contributed by atoms with Gasteiger partial charge < -0.3 is 9.63 Å². The molecule has 106 valence electrons. The molecule has 1 aliphatic carbocycles. The van der Waals surface area contributed by atoms with Crippen molar-refractivity contribution < 1.29 is 9.63 Å². The third-order valence-corrected chi connectivity index (χ3v) is 4.21. The Morgan fingerprint density at radius 1 is 1.25 bits per heavy atom. The minimum atomic E-state index is -0.364. The Kier molecular flexibility index (Phi) is 4.03. The molecule has 1 aliphatic rings. The Morgan fingerprint density at radius 3 is 2.85 bits per heavy atom. The Balaban J connectivity index is 1.75. The second-order valence-corrected chi connectivity index (χ2v) is 5.68. The number of benzene rings is 1. The molecule has 4 nitrogen and oxygen atoms in total. The lowest BCUT2D eigenvalue weighted by atomic mass is 9.86. The molecule has 1 heterocycles. The van der Waals surface area contributed by atoms with Gasteiger partial charge in [-0.2, -0.15) is 4.98 Å². The van der Waals surface area contributed by atoms with Crippen LogP contribution in [0.5, 0.6) is 0 Å². The summed E-state index contributed by atoms with van der Waals surface area (Å²) in [4.78, 5) is 4.42. The molecule has 0 spiro atoms. The predicted molar refractivity (Wildman–Crippen MR) is 75.8 cm³/mol. The molecule has 5 heteroatoms. The van der Waals surface area contributed by atoms with E-state index in [4.69, 9.17) is 16.1 Å². The van der Waals surface area contributed by atoms with Gasteiger partial charge in [0.05, 0.1) is 12.0 Å². The van der Waals surface area contributed by atoms with Crippen molar-refractivity contribution >= 4 is 11.6 Å². The normalized spacial score (nSPS) is 22.9. The van der Waals surface area contributed by atoms with Gasteiger partial charge in [0.15, 0.2) is 5.82 Å². The summed E-state index contributed by atoms with van der Waals surface area (Å²) in [5, 5.41) is 14.7. The zero-order valence-electron chi connectivity index (χ0n) is 11.1. The summed E-state index contributed by atoms with van der Waals surface area (Å²) in [7, 11) is 0. The molecule has 1 saturated carbocycles. The fourth-order valence-electron chi connectivity index (χ4n) is 2.70. The Morgan fingerprint density at radius 2 is 2.05 bits per heavy atom. The summed E-state index contributed by atoms with van der Waals surface area (Å²) in [6.45, 7) is 0.